The van der Waals surface area contributed by atoms with Gasteiger partial charge in [-0.2, -0.15) is 0 Å². The summed E-state index contributed by atoms with van der Waals surface area (Å²) in [6.07, 6.45) is 5.97. The van der Waals surface area contributed by atoms with E-state index in [1.807, 2.05) is 0 Å². The number of hydrogen-bond acceptors (Lipinski definition) is 3. The highest BCUT2D eigenvalue weighted by atomic mass is 14.9. The van der Waals surface area contributed by atoms with Gasteiger partial charge in [-0.1, -0.05) is 6.92 Å². The number of aromatic nitrogens is 2. The summed E-state index contributed by atoms with van der Waals surface area (Å²) in [5.41, 5.74) is 3.95. The van der Waals surface area contributed by atoms with Crippen LogP contribution in [0.2, 0.25) is 0 Å². The van der Waals surface area contributed by atoms with Gasteiger partial charge in [-0.3, -0.25) is 0 Å². The Labute approximate surface area is 96.7 Å². The molecule has 0 bridgehead atoms. The van der Waals surface area contributed by atoms with Gasteiger partial charge in [0.1, 0.15) is 5.82 Å². The molecule has 3 heteroatoms. The molecule has 0 radical (unpaired) electrons. The summed E-state index contributed by atoms with van der Waals surface area (Å²) in [6, 6.07) is 0. The molecule has 16 heavy (non-hydrogen) atoms. The van der Waals surface area contributed by atoms with Gasteiger partial charge in [0.2, 0.25) is 0 Å². The van der Waals surface area contributed by atoms with Gasteiger partial charge >= 0.3 is 0 Å². The number of aryl methyl sites for hydroxylation is 1. The molecule has 86 valence electrons. The van der Waals surface area contributed by atoms with E-state index >= 15 is 0 Å². The van der Waals surface area contributed by atoms with Gasteiger partial charge < -0.3 is 5.32 Å². The Kier molecular flexibility index (Phi) is 2.64. The number of hydrogen-bond donors (Lipinski definition) is 1. The third kappa shape index (κ3) is 1.96. The van der Waals surface area contributed by atoms with E-state index in [0.717, 1.165) is 44.1 Å². The topological polar surface area (TPSA) is 37.8 Å². The molecule has 0 spiro atoms. The van der Waals surface area contributed by atoms with Crippen molar-refractivity contribution < 1.29 is 0 Å². The quantitative estimate of drug-likeness (QED) is 0.836. The van der Waals surface area contributed by atoms with Crippen LogP contribution in [0, 0.1) is 5.92 Å². The fraction of sp³-hybridized carbons (Fsp3) is 0.692. The van der Waals surface area contributed by atoms with E-state index in [9.17, 15) is 0 Å². The van der Waals surface area contributed by atoms with E-state index in [1.165, 1.54) is 29.8 Å². The fourth-order valence-electron chi connectivity index (χ4n) is 2.43. The predicted octanol–water partition coefficient (Wildman–Crippen LogP) is 1.64. The Hall–Kier alpha value is -0.960. The zero-order valence-electron chi connectivity index (χ0n) is 9.92. The number of rotatable bonds is 3. The summed E-state index contributed by atoms with van der Waals surface area (Å²) in [7, 11) is 0. The third-order valence-electron chi connectivity index (χ3n) is 3.57. The molecule has 0 saturated heterocycles. The summed E-state index contributed by atoms with van der Waals surface area (Å²) in [6.45, 7) is 4.22. The van der Waals surface area contributed by atoms with Gasteiger partial charge in [-0.05, 0) is 25.2 Å². The van der Waals surface area contributed by atoms with Crippen molar-refractivity contribution in [2.45, 2.75) is 45.6 Å². The standard InChI is InChI=1S/C13H19N3/c1-2-11-10-8-14-6-5-12(10)16-13(15-11)7-9-3-4-9/h9,14H,2-8H2,1H3. The Morgan fingerprint density at radius 1 is 1.31 bits per heavy atom. The van der Waals surface area contributed by atoms with Gasteiger partial charge in [0.05, 0.1) is 5.69 Å². The van der Waals surface area contributed by atoms with E-state index < -0.39 is 0 Å². The molecule has 0 aromatic carbocycles. The van der Waals surface area contributed by atoms with Gasteiger partial charge in [0, 0.05) is 37.2 Å². The van der Waals surface area contributed by atoms with Crippen molar-refractivity contribution >= 4 is 0 Å². The Bertz CT molecular complexity index is 379. The largest absolute Gasteiger partial charge is 0.312 e. The predicted molar refractivity (Wildman–Crippen MR) is 63.2 cm³/mol. The minimum absolute atomic E-state index is 0.879. The number of nitrogens with one attached hydrogen (secondary N) is 1. The second-order valence-corrected chi connectivity index (χ2v) is 4.94. The third-order valence-corrected chi connectivity index (χ3v) is 3.57. The first kappa shape index (κ1) is 10.2. The molecule has 1 aromatic heterocycles. The Morgan fingerprint density at radius 2 is 2.19 bits per heavy atom. The SMILES string of the molecule is CCc1nc(CC2CC2)nc2c1CNCC2. The van der Waals surface area contributed by atoms with Crippen LogP contribution in [0.25, 0.3) is 0 Å². The van der Waals surface area contributed by atoms with E-state index in [0.29, 0.717) is 0 Å². The van der Waals surface area contributed by atoms with E-state index in [2.05, 4.69) is 12.2 Å². The molecule has 1 aliphatic heterocycles. The summed E-state index contributed by atoms with van der Waals surface area (Å²) in [4.78, 5) is 9.48. The van der Waals surface area contributed by atoms with Gasteiger partial charge in [-0.25, -0.2) is 9.97 Å². The molecule has 1 aliphatic carbocycles. The first-order valence-corrected chi connectivity index (χ1v) is 6.45. The van der Waals surface area contributed by atoms with E-state index in [-0.39, 0.29) is 0 Å². The lowest BCUT2D eigenvalue weighted by Crippen LogP contribution is -2.27. The first-order valence-electron chi connectivity index (χ1n) is 6.45. The summed E-state index contributed by atoms with van der Waals surface area (Å²) >= 11 is 0. The highest BCUT2D eigenvalue weighted by Crippen LogP contribution is 2.32. The van der Waals surface area contributed by atoms with Crippen molar-refractivity contribution in [1.29, 1.82) is 0 Å². The second-order valence-electron chi connectivity index (χ2n) is 4.94. The van der Waals surface area contributed by atoms with Crippen molar-refractivity contribution in [2.24, 2.45) is 5.92 Å². The molecule has 1 fully saturated rings. The average molecular weight is 217 g/mol. The minimum Gasteiger partial charge on any atom is -0.312 e. The van der Waals surface area contributed by atoms with Crippen molar-refractivity contribution in [2.75, 3.05) is 6.54 Å². The van der Waals surface area contributed by atoms with Crippen molar-refractivity contribution in [3.8, 4) is 0 Å². The van der Waals surface area contributed by atoms with Crippen LogP contribution >= 0.6 is 0 Å². The van der Waals surface area contributed by atoms with E-state index in [1.54, 1.807) is 0 Å². The Balaban J connectivity index is 1.94. The van der Waals surface area contributed by atoms with Gasteiger partial charge in [-0.15, -0.1) is 0 Å². The Morgan fingerprint density at radius 3 is 2.94 bits per heavy atom. The lowest BCUT2D eigenvalue weighted by Gasteiger charge is -2.19. The zero-order valence-corrected chi connectivity index (χ0v) is 9.92. The molecule has 1 aromatic rings. The maximum absolute atomic E-state index is 4.75. The lowest BCUT2D eigenvalue weighted by molar-refractivity contribution is 0.605. The highest BCUT2D eigenvalue weighted by molar-refractivity contribution is 5.28. The molecule has 3 rings (SSSR count). The maximum atomic E-state index is 4.75. The molecule has 2 aliphatic rings. The first-order chi connectivity index (χ1) is 7.86. The monoisotopic (exact) mass is 217 g/mol. The molecule has 1 N–H and O–H groups in total. The molecule has 0 atom stereocenters. The second kappa shape index (κ2) is 4.13. The fourth-order valence-corrected chi connectivity index (χ4v) is 2.43. The zero-order chi connectivity index (χ0) is 11.0. The van der Waals surface area contributed by atoms with Crippen LogP contribution < -0.4 is 5.32 Å². The van der Waals surface area contributed by atoms with Crippen LogP contribution in [-0.2, 0) is 25.8 Å². The van der Waals surface area contributed by atoms with Crippen LogP contribution in [0.15, 0.2) is 0 Å². The van der Waals surface area contributed by atoms with Crippen LogP contribution in [0.4, 0.5) is 0 Å². The van der Waals surface area contributed by atoms with Crippen molar-refractivity contribution in [3.63, 3.8) is 0 Å². The van der Waals surface area contributed by atoms with Crippen LogP contribution in [0.5, 0.6) is 0 Å². The molecule has 3 nitrogen and oxygen atoms in total. The lowest BCUT2D eigenvalue weighted by atomic mass is 10.0. The van der Waals surface area contributed by atoms with Crippen molar-refractivity contribution in [1.82, 2.24) is 15.3 Å². The molecular formula is C13H19N3. The van der Waals surface area contributed by atoms with Gasteiger partial charge in [0.25, 0.3) is 0 Å². The van der Waals surface area contributed by atoms with Crippen LogP contribution in [0.1, 0.15) is 42.5 Å². The summed E-state index contributed by atoms with van der Waals surface area (Å²) < 4.78 is 0. The molecule has 2 heterocycles. The number of fused-ring (bicyclic) bond motifs is 1. The minimum atomic E-state index is 0.879. The smallest absolute Gasteiger partial charge is 0.129 e. The molecular weight excluding hydrogens is 198 g/mol. The summed E-state index contributed by atoms with van der Waals surface area (Å²) in [5.74, 6) is 1.98. The maximum Gasteiger partial charge on any atom is 0.129 e. The number of nitrogens with zero attached hydrogens (tertiary/aromatic N) is 2. The van der Waals surface area contributed by atoms with Crippen molar-refractivity contribution in [3.05, 3.63) is 22.8 Å². The normalized spacial score (nSPS) is 19.6. The molecule has 0 amide bonds. The highest BCUT2D eigenvalue weighted by Gasteiger charge is 2.24. The van der Waals surface area contributed by atoms with Crippen LogP contribution in [0.3, 0.4) is 0 Å². The van der Waals surface area contributed by atoms with Crippen LogP contribution in [-0.4, -0.2) is 16.5 Å². The summed E-state index contributed by atoms with van der Waals surface area (Å²) in [5, 5.41) is 3.41. The molecule has 0 unspecified atom stereocenters. The van der Waals surface area contributed by atoms with E-state index in [4.69, 9.17) is 9.97 Å². The molecule has 1 saturated carbocycles. The average Bonchev–Trinajstić information content (AvgIpc) is 3.12. The van der Waals surface area contributed by atoms with Gasteiger partial charge in [0.15, 0.2) is 0 Å².